The molecule has 0 radical (unpaired) electrons. The summed E-state index contributed by atoms with van der Waals surface area (Å²) < 4.78 is 7.03. The van der Waals surface area contributed by atoms with Gasteiger partial charge < -0.3 is 10.1 Å². The predicted molar refractivity (Wildman–Crippen MR) is 101 cm³/mol. The van der Waals surface area contributed by atoms with E-state index in [2.05, 4.69) is 10.4 Å². The van der Waals surface area contributed by atoms with Gasteiger partial charge in [0.2, 0.25) is 0 Å². The van der Waals surface area contributed by atoms with Crippen LogP contribution in [0.4, 0.5) is 0 Å². The number of aryl methyl sites for hydroxylation is 1. The minimum Gasteiger partial charge on any atom is -0.380 e. The SMILES string of the molecule is COCc1ccccc1CNC(=O)c1c(C)nn(-c2ccccc2)c1C. The number of ether oxygens (including phenoxy) is 1. The van der Waals surface area contributed by atoms with E-state index in [0.717, 1.165) is 22.5 Å². The molecule has 1 aromatic heterocycles. The van der Waals surface area contributed by atoms with Gasteiger partial charge in [-0.1, -0.05) is 42.5 Å². The van der Waals surface area contributed by atoms with Crippen LogP contribution in [0.15, 0.2) is 54.6 Å². The third-order valence-corrected chi connectivity index (χ3v) is 4.38. The molecule has 0 atom stereocenters. The van der Waals surface area contributed by atoms with Crippen molar-refractivity contribution in [2.45, 2.75) is 27.0 Å². The van der Waals surface area contributed by atoms with Gasteiger partial charge in [-0.25, -0.2) is 4.68 Å². The van der Waals surface area contributed by atoms with E-state index in [1.54, 1.807) is 7.11 Å². The van der Waals surface area contributed by atoms with E-state index in [4.69, 9.17) is 4.74 Å². The standard InChI is InChI=1S/C21H23N3O2/c1-15-20(16(2)24(23-15)19-11-5-4-6-12-19)21(25)22-13-17-9-7-8-10-18(17)14-26-3/h4-12H,13-14H2,1-3H3,(H,22,25). The van der Waals surface area contributed by atoms with Crippen LogP contribution in [0.5, 0.6) is 0 Å². The lowest BCUT2D eigenvalue weighted by molar-refractivity contribution is 0.0949. The van der Waals surface area contributed by atoms with Gasteiger partial charge in [0.25, 0.3) is 5.91 Å². The number of methoxy groups -OCH3 is 1. The molecule has 26 heavy (non-hydrogen) atoms. The summed E-state index contributed by atoms with van der Waals surface area (Å²) in [5.74, 6) is -0.116. The molecular formula is C21H23N3O2. The number of hydrogen-bond acceptors (Lipinski definition) is 3. The number of carbonyl (C=O) groups is 1. The van der Waals surface area contributed by atoms with E-state index >= 15 is 0 Å². The number of aromatic nitrogens is 2. The highest BCUT2D eigenvalue weighted by Crippen LogP contribution is 2.18. The Kier molecular flexibility index (Phi) is 5.49. The van der Waals surface area contributed by atoms with Crippen LogP contribution in [0.25, 0.3) is 5.69 Å². The summed E-state index contributed by atoms with van der Waals surface area (Å²) in [6.45, 7) is 4.75. The van der Waals surface area contributed by atoms with Crippen molar-refractivity contribution in [2.24, 2.45) is 0 Å². The van der Waals surface area contributed by atoms with E-state index in [9.17, 15) is 4.79 Å². The first-order chi connectivity index (χ1) is 12.6. The maximum atomic E-state index is 12.8. The number of nitrogens with zero attached hydrogens (tertiary/aromatic N) is 2. The molecule has 134 valence electrons. The van der Waals surface area contributed by atoms with E-state index in [0.29, 0.717) is 24.4 Å². The molecule has 0 aliphatic carbocycles. The first-order valence-electron chi connectivity index (χ1n) is 8.57. The van der Waals surface area contributed by atoms with Crippen LogP contribution in [0, 0.1) is 13.8 Å². The van der Waals surface area contributed by atoms with Crippen molar-refractivity contribution in [3.05, 3.63) is 82.7 Å². The van der Waals surface area contributed by atoms with Crippen molar-refractivity contribution in [3.63, 3.8) is 0 Å². The van der Waals surface area contributed by atoms with Crippen molar-refractivity contribution in [1.82, 2.24) is 15.1 Å². The molecule has 1 N–H and O–H groups in total. The Labute approximate surface area is 153 Å². The fourth-order valence-corrected chi connectivity index (χ4v) is 3.08. The zero-order valence-corrected chi connectivity index (χ0v) is 15.3. The van der Waals surface area contributed by atoms with Gasteiger partial charge in [-0.05, 0) is 37.1 Å². The first-order valence-corrected chi connectivity index (χ1v) is 8.57. The Balaban J connectivity index is 1.80. The normalized spacial score (nSPS) is 10.7. The molecule has 0 saturated carbocycles. The fourth-order valence-electron chi connectivity index (χ4n) is 3.08. The fraction of sp³-hybridized carbons (Fsp3) is 0.238. The monoisotopic (exact) mass is 349 g/mol. The number of carbonyl (C=O) groups excluding carboxylic acids is 1. The molecule has 0 aliphatic rings. The Morgan fingerprint density at radius 2 is 1.69 bits per heavy atom. The highest BCUT2D eigenvalue weighted by atomic mass is 16.5. The summed E-state index contributed by atoms with van der Waals surface area (Å²) in [6.07, 6.45) is 0. The maximum Gasteiger partial charge on any atom is 0.255 e. The third kappa shape index (κ3) is 3.68. The second-order valence-electron chi connectivity index (χ2n) is 6.18. The molecule has 1 amide bonds. The van der Waals surface area contributed by atoms with Gasteiger partial charge in [0.1, 0.15) is 0 Å². The van der Waals surface area contributed by atoms with Gasteiger partial charge in [0.15, 0.2) is 0 Å². The van der Waals surface area contributed by atoms with Crippen LogP contribution in [0.2, 0.25) is 0 Å². The Morgan fingerprint density at radius 1 is 1.04 bits per heavy atom. The summed E-state index contributed by atoms with van der Waals surface area (Å²) in [4.78, 5) is 12.8. The van der Waals surface area contributed by atoms with E-state index < -0.39 is 0 Å². The molecule has 0 bridgehead atoms. The number of rotatable bonds is 6. The van der Waals surface area contributed by atoms with Crippen molar-refractivity contribution in [3.8, 4) is 5.69 Å². The first kappa shape index (κ1) is 17.9. The molecule has 3 rings (SSSR count). The number of amides is 1. The Bertz CT molecular complexity index is 901. The molecule has 5 heteroatoms. The maximum absolute atomic E-state index is 12.8. The molecule has 2 aromatic carbocycles. The number of para-hydroxylation sites is 1. The average molecular weight is 349 g/mol. The Morgan fingerprint density at radius 3 is 2.38 bits per heavy atom. The lowest BCUT2D eigenvalue weighted by Gasteiger charge is -2.10. The largest absolute Gasteiger partial charge is 0.380 e. The third-order valence-electron chi connectivity index (χ3n) is 4.38. The molecule has 0 fully saturated rings. The zero-order valence-electron chi connectivity index (χ0n) is 15.3. The number of hydrogen-bond donors (Lipinski definition) is 1. The van der Waals surface area contributed by atoms with Crippen molar-refractivity contribution in [2.75, 3.05) is 7.11 Å². The zero-order chi connectivity index (χ0) is 18.5. The van der Waals surface area contributed by atoms with Crippen LogP contribution in [0.1, 0.15) is 32.9 Å². The van der Waals surface area contributed by atoms with Gasteiger partial charge >= 0.3 is 0 Å². The van der Waals surface area contributed by atoms with Gasteiger partial charge in [-0.2, -0.15) is 5.10 Å². The smallest absolute Gasteiger partial charge is 0.255 e. The molecule has 0 unspecified atom stereocenters. The molecule has 0 saturated heterocycles. The van der Waals surface area contributed by atoms with Gasteiger partial charge in [0, 0.05) is 13.7 Å². The average Bonchev–Trinajstić information content (AvgIpc) is 2.96. The highest BCUT2D eigenvalue weighted by molar-refractivity contribution is 5.96. The predicted octanol–water partition coefficient (Wildman–Crippen LogP) is 3.57. The van der Waals surface area contributed by atoms with Crippen LogP contribution < -0.4 is 5.32 Å². The lowest BCUT2D eigenvalue weighted by Crippen LogP contribution is -2.24. The molecular weight excluding hydrogens is 326 g/mol. The second-order valence-corrected chi connectivity index (χ2v) is 6.18. The van der Waals surface area contributed by atoms with E-state index in [-0.39, 0.29) is 5.91 Å². The number of benzene rings is 2. The molecule has 3 aromatic rings. The molecule has 0 aliphatic heterocycles. The van der Waals surface area contributed by atoms with Crippen LogP contribution in [0.3, 0.4) is 0 Å². The minimum absolute atomic E-state index is 0.116. The summed E-state index contributed by atoms with van der Waals surface area (Å²) in [5.41, 5.74) is 5.23. The lowest BCUT2D eigenvalue weighted by atomic mass is 10.1. The molecule has 5 nitrogen and oxygen atoms in total. The van der Waals surface area contributed by atoms with Crippen molar-refractivity contribution >= 4 is 5.91 Å². The summed E-state index contributed by atoms with van der Waals surface area (Å²) in [6, 6.07) is 17.8. The van der Waals surface area contributed by atoms with Gasteiger partial charge in [-0.15, -0.1) is 0 Å². The van der Waals surface area contributed by atoms with Gasteiger partial charge in [-0.3, -0.25) is 4.79 Å². The highest BCUT2D eigenvalue weighted by Gasteiger charge is 2.19. The van der Waals surface area contributed by atoms with Crippen LogP contribution in [-0.4, -0.2) is 22.8 Å². The van der Waals surface area contributed by atoms with E-state index in [1.807, 2.05) is 73.1 Å². The van der Waals surface area contributed by atoms with Crippen molar-refractivity contribution < 1.29 is 9.53 Å². The topological polar surface area (TPSA) is 56.1 Å². The summed E-state index contributed by atoms with van der Waals surface area (Å²) in [5, 5.41) is 7.55. The Hall–Kier alpha value is -2.92. The van der Waals surface area contributed by atoms with Gasteiger partial charge in [0.05, 0.1) is 29.2 Å². The summed E-state index contributed by atoms with van der Waals surface area (Å²) in [7, 11) is 1.67. The van der Waals surface area contributed by atoms with Crippen LogP contribution >= 0.6 is 0 Å². The van der Waals surface area contributed by atoms with Crippen molar-refractivity contribution in [1.29, 1.82) is 0 Å². The quantitative estimate of drug-likeness (QED) is 0.740. The van der Waals surface area contributed by atoms with E-state index in [1.165, 1.54) is 0 Å². The summed E-state index contributed by atoms with van der Waals surface area (Å²) >= 11 is 0. The minimum atomic E-state index is -0.116. The van der Waals surface area contributed by atoms with Crippen LogP contribution in [-0.2, 0) is 17.9 Å². The second kappa shape index (κ2) is 7.97. The number of nitrogens with one attached hydrogen (secondary N) is 1. The molecule has 1 heterocycles. The molecule has 0 spiro atoms.